The fraction of sp³-hybridized carbons (Fsp3) is 0. The molecular formula is C36H24. The molecule has 0 heteroatoms. The van der Waals surface area contributed by atoms with Crippen molar-refractivity contribution in [3.63, 3.8) is 0 Å². The van der Waals surface area contributed by atoms with Crippen molar-refractivity contribution >= 4 is 32.3 Å². The Balaban J connectivity index is 1.96. The Morgan fingerprint density at radius 2 is 0.806 bits per heavy atom. The molecule has 0 saturated heterocycles. The first-order valence-electron chi connectivity index (χ1n) is 22.1. The van der Waals surface area contributed by atoms with E-state index in [1.54, 1.807) is 0 Å². The number of fused-ring (bicyclic) bond motifs is 3. The molecule has 0 atom stereocenters. The van der Waals surface area contributed by atoms with Crippen molar-refractivity contribution in [3.8, 4) is 33.4 Å². The predicted molar refractivity (Wildman–Crippen MR) is 155 cm³/mol. The predicted octanol–water partition coefficient (Wildman–Crippen LogP) is 10.1. The van der Waals surface area contributed by atoms with Crippen LogP contribution in [0, 0.1) is 0 Å². The standard InChI is InChI=1S/C36H24/c1-3-13-25(14-4-1)28-23-27-17-7-8-18-29(27)34(24-28)36-32-21-11-9-19-30(32)35(26-15-5-2-6-16-26)31-20-10-12-22-33(31)36/h1-24H/i1D,2D,3D,4D,5D,6D,7D,8D,9D,10D,11D,12D,13D,14D,15D,16D,17D,18D,19D,20D,21D,22D,24D. The van der Waals surface area contributed by atoms with Crippen LogP contribution in [-0.2, 0) is 0 Å². The fourth-order valence-corrected chi connectivity index (χ4v) is 4.21. The SMILES string of the molecule is [2H]c1c([2H])c([2H])c(-c2cc3c([2H])c([2H])c([2H])c([2H])c3c(-c3c4c([2H])c([2H])c([2H])c([2H])c4c(-c4c([2H])c([2H])c([2H])c([2H])c4[2H])c4c([2H])c([2H])c([2H])c([2H])c34)c2[2H])c([2H])c1[2H]. The molecule has 0 N–H and O–H groups in total. The highest BCUT2D eigenvalue weighted by Gasteiger charge is 2.18. The highest BCUT2D eigenvalue weighted by Crippen LogP contribution is 2.46. The van der Waals surface area contributed by atoms with Crippen LogP contribution in [0.4, 0.5) is 0 Å². The molecule has 0 aliphatic rings. The van der Waals surface area contributed by atoms with E-state index in [9.17, 15) is 6.85 Å². The summed E-state index contributed by atoms with van der Waals surface area (Å²) in [5.74, 6) is 0. The molecule has 7 aromatic rings. The number of benzene rings is 7. The molecule has 7 aromatic carbocycles. The smallest absolute Gasteiger partial charge is 0.0622 e. The average Bonchev–Trinajstić information content (AvgIpc) is 3.21. The van der Waals surface area contributed by atoms with Crippen molar-refractivity contribution in [2.45, 2.75) is 0 Å². The monoisotopic (exact) mass is 479 g/mol. The number of rotatable bonds is 3. The van der Waals surface area contributed by atoms with Gasteiger partial charge in [-0.2, -0.15) is 0 Å². The maximum absolute atomic E-state index is 9.74. The van der Waals surface area contributed by atoms with Gasteiger partial charge in [-0.05, 0) is 77.8 Å². The van der Waals surface area contributed by atoms with E-state index in [4.69, 9.17) is 24.7 Å². The molecule has 0 amide bonds. The number of hydrogen-bond acceptors (Lipinski definition) is 0. The van der Waals surface area contributed by atoms with Crippen molar-refractivity contribution in [2.24, 2.45) is 0 Å². The summed E-state index contributed by atoms with van der Waals surface area (Å²) in [6.07, 6.45) is 0. The van der Waals surface area contributed by atoms with Gasteiger partial charge in [0.2, 0.25) is 0 Å². The molecule has 168 valence electrons. The molecule has 0 spiro atoms. The van der Waals surface area contributed by atoms with Crippen LogP contribution in [-0.4, -0.2) is 0 Å². The van der Waals surface area contributed by atoms with Gasteiger partial charge in [-0.15, -0.1) is 0 Å². The Morgan fingerprint density at radius 1 is 0.361 bits per heavy atom. The van der Waals surface area contributed by atoms with Crippen LogP contribution in [0.2, 0.25) is 0 Å². The van der Waals surface area contributed by atoms with E-state index in [-0.39, 0.29) is 0 Å². The molecular weight excluding hydrogens is 432 g/mol. The minimum absolute atomic E-state index is 0.415. The van der Waals surface area contributed by atoms with Gasteiger partial charge >= 0.3 is 0 Å². The Labute approximate surface area is 243 Å². The van der Waals surface area contributed by atoms with E-state index in [0.717, 1.165) is 6.07 Å². The topological polar surface area (TPSA) is 0 Å². The number of hydrogen-bond donors (Lipinski definition) is 0. The summed E-state index contributed by atoms with van der Waals surface area (Å²) >= 11 is 0. The van der Waals surface area contributed by atoms with Gasteiger partial charge in [0.25, 0.3) is 0 Å². The molecule has 0 saturated carbocycles. The minimum Gasteiger partial charge on any atom is -0.0622 e. The van der Waals surface area contributed by atoms with Crippen molar-refractivity contribution < 1.29 is 31.5 Å². The van der Waals surface area contributed by atoms with Crippen LogP contribution in [0.3, 0.4) is 0 Å². The third kappa shape index (κ3) is 3.31. The lowest BCUT2D eigenvalue weighted by atomic mass is 9.84. The summed E-state index contributed by atoms with van der Waals surface area (Å²) < 4.78 is 202. The molecule has 0 aromatic heterocycles. The lowest BCUT2D eigenvalue weighted by molar-refractivity contribution is 1.63. The normalized spacial score (nSPS) is 20.3. The lowest BCUT2D eigenvalue weighted by Gasteiger charge is -2.19. The van der Waals surface area contributed by atoms with Gasteiger partial charge in [-0.25, -0.2) is 0 Å². The minimum atomic E-state index is -0.935. The van der Waals surface area contributed by atoms with E-state index < -0.39 is 205 Å². The van der Waals surface area contributed by atoms with Crippen LogP contribution in [0.15, 0.2) is 145 Å². The molecule has 0 aliphatic heterocycles. The van der Waals surface area contributed by atoms with Crippen LogP contribution in [0.5, 0.6) is 0 Å². The third-order valence-corrected chi connectivity index (χ3v) is 5.66. The second-order valence-corrected chi connectivity index (χ2v) is 7.60. The van der Waals surface area contributed by atoms with E-state index in [1.807, 2.05) is 0 Å². The maximum atomic E-state index is 9.74. The van der Waals surface area contributed by atoms with Crippen LogP contribution in [0.25, 0.3) is 65.7 Å². The van der Waals surface area contributed by atoms with Gasteiger partial charge in [0, 0.05) is 0 Å². The summed E-state index contributed by atoms with van der Waals surface area (Å²) in [6, 6.07) is -19.1. The Kier molecular flexibility index (Phi) is 1.87. The molecule has 0 nitrogen and oxygen atoms in total. The van der Waals surface area contributed by atoms with Gasteiger partial charge in [-0.3, -0.25) is 0 Å². The highest BCUT2D eigenvalue weighted by molar-refractivity contribution is 6.23. The first-order valence-corrected chi connectivity index (χ1v) is 10.6. The Hall–Kier alpha value is -4.68. The molecule has 0 bridgehead atoms. The molecule has 0 fully saturated rings. The molecule has 7 rings (SSSR count). The largest absolute Gasteiger partial charge is 0.0636 e. The highest BCUT2D eigenvalue weighted by atomic mass is 14.2. The summed E-state index contributed by atoms with van der Waals surface area (Å²) in [4.78, 5) is 0. The summed E-state index contributed by atoms with van der Waals surface area (Å²) in [5, 5.41) is -3.55. The van der Waals surface area contributed by atoms with Crippen LogP contribution >= 0.6 is 0 Å². The van der Waals surface area contributed by atoms with Gasteiger partial charge < -0.3 is 0 Å². The van der Waals surface area contributed by atoms with E-state index in [2.05, 4.69) is 0 Å². The fourth-order valence-electron chi connectivity index (χ4n) is 4.21. The van der Waals surface area contributed by atoms with Crippen molar-refractivity contribution in [2.75, 3.05) is 0 Å². The van der Waals surface area contributed by atoms with E-state index in [1.165, 1.54) is 0 Å². The van der Waals surface area contributed by atoms with E-state index >= 15 is 0 Å². The lowest BCUT2D eigenvalue weighted by Crippen LogP contribution is -1.92. The van der Waals surface area contributed by atoms with Crippen molar-refractivity contribution in [1.82, 2.24) is 0 Å². The van der Waals surface area contributed by atoms with Gasteiger partial charge in [-0.1, -0.05) is 133 Å². The summed E-state index contributed by atoms with van der Waals surface area (Å²) in [7, 11) is 0. The third-order valence-electron chi connectivity index (χ3n) is 5.66. The van der Waals surface area contributed by atoms with Gasteiger partial charge in [0.05, 0.1) is 31.5 Å². The zero-order valence-corrected chi connectivity index (χ0v) is 18.1. The molecule has 0 heterocycles. The Morgan fingerprint density at radius 3 is 1.39 bits per heavy atom. The summed E-state index contributed by atoms with van der Waals surface area (Å²) in [5.41, 5.74) is -3.77. The van der Waals surface area contributed by atoms with Crippen molar-refractivity contribution in [3.05, 3.63) is 145 Å². The maximum Gasteiger partial charge on any atom is 0.0636 e. The van der Waals surface area contributed by atoms with Crippen LogP contribution in [0.1, 0.15) is 31.5 Å². The average molecular weight is 480 g/mol. The van der Waals surface area contributed by atoms with Gasteiger partial charge in [0.1, 0.15) is 0 Å². The first-order chi connectivity index (χ1) is 27.4. The second kappa shape index (κ2) is 8.52. The molecule has 0 unspecified atom stereocenters. The zero-order valence-electron chi connectivity index (χ0n) is 41.1. The van der Waals surface area contributed by atoms with Gasteiger partial charge in [0.15, 0.2) is 0 Å². The summed E-state index contributed by atoms with van der Waals surface area (Å²) in [6.45, 7) is 0. The Bertz CT molecular complexity index is 2990. The molecule has 0 aliphatic carbocycles. The second-order valence-electron chi connectivity index (χ2n) is 7.60. The van der Waals surface area contributed by atoms with Crippen LogP contribution < -0.4 is 0 Å². The van der Waals surface area contributed by atoms with Crippen molar-refractivity contribution in [1.29, 1.82) is 0 Å². The molecule has 36 heavy (non-hydrogen) atoms. The molecule has 0 radical (unpaired) electrons. The van der Waals surface area contributed by atoms with E-state index in [0.29, 0.717) is 0 Å². The first kappa shape index (κ1) is 7.91. The quantitative estimate of drug-likeness (QED) is 0.221. The zero-order chi connectivity index (χ0) is 43.9.